The van der Waals surface area contributed by atoms with Gasteiger partial charge in [-0.3, -0.25) is 0 Å². The number of amides is 2. The van der Waals surface area contributed by atoms with Gasteiger partial charge in [0.25, 0.3) is 0 Å². The predicted octanol–water partition coefficient (Wildman–Crippen LogP) is 6.70. The largest absolute Gasteiger partial charge is 0.444 e. The van der Waals surface area contributed by atoms with E-state index in [1.807, 2.05) is 62.7 Å². The first-order valence-corrected chi connectivity index (χ1v) is 15.8. The maximum atomic E-state index is 12.0. The minimum absolute atomic E-state index is 0.180. The zero-order valence-electron chi connectivity index (χ0n) is 26.6. The molecule has 12 heteroatoms. The summed E-state index contributed by atoms with van der Waals surface area (Å²) in [6.45, 7) is 21.1. The summed E-state index contributed by atoms with van der Waals surface area (Å²) in [5.74, 6) is 0.962. The fourth-order valence-corrected chi connectivity index (χ4v) is 6.92. The van der Waals surface area contributed by atoms with E-state index in [1.165, 1.54) is 26.4 Å². The number of likely N-dealkylation sites (tertiary alicyclic amines) is 2. The van der Waals surface area contributed by atoms with Gasteiger partial charge in [-0.2, -0.15) is 19.2 Å². The van der Waals surface area contributed by atoms with E-state index in [4.69, 9.17) is 28.7 Å². The number of hydrogen-bond donors (Lipinski definition) is 0. The van der Waals surface area contributed by atoms with Gasteiger partial charge in [0.05, 0.1) is 0 Å². The molecular formula is C31H44N2O8S2. The van der Waals surface area contributed by atoms with E-state index in [-0.39, 0.29) is 24.5 Å². The second-order valence-electron chi connectivity index (χ2n) is 12.4. The molecule has 4 rings (SSSR count). The lowest BCUT2D eigenvalue weighted by molar-refractivity contribution is -0.193. The molecule has 2 amide bonds. The third-order valence-electron chi connectivity index (χ3n) is 6.65. The number of hydrogen-bond acceptors (Lipinski definition) is 10. The third kappa shape index (κ3) is 12.8. The molecule has 0 saturated carbocycles. The normalized spacial score (nSPS) is 17.6. The van der Waals surface area contributed by atoms with Crippen molar-refractivity contribution in [2.45, 2.75) is 98.2 Å². The number of carbonyl (C=O) groups excluding carboxylic acids is 6. The molecule has 2 atom stereocenters. The molecule has 0 spiro atoms. The Balaban J connectivity index is 0.000000364. The average Bonchev–Trinajstić information content (AvgIpc) is 3.67. The van der Waals surface area contributed by atoms with Crippen molar-refractivity contribution in [3.05, 3.63) is 43.3 Å². The number of nitrogens with zero attached hydrogens (tertiary/aromatic N) is 2. The summed E-state index contributed by atoms with van der Waals surface area (Å²) in [5, 5.41) is 4.33. The first-order valence-electron chi connectivity index (χ1n) is 14.0. The van der Waals surface area contributed by atoms with Gasteiger partial charge in [-0.15, -0.1) is 22.7 Å². The number of aryl methyl sites for hydroxylation is 2. The highest BCUT2D eigenvalue weighted by Gasteiger charge is 2.33. The minimum Gasteiger partial charge on any atom is -0.444 e. The molecule has 4 heterocycles. The van der Waals surface area contributed by atoms with E-state index in [9.17, 15) is 9.59 Å². The quantitative estimate of drug-likeness (QED) is 0.356. The SMILES string of the molecule is Cc1ccsc1C1CCN(C(=O)OC(C)(C)C)C1.Cc1csc(C2CCN(C(=O)OC(C)(C)C)C2)c1C.O=C=O.O=C=O. The van der Waals surface area contributed by atoms with E-state index in [1.54, 1.807) is 11.3 Å². The van der Waals surface area contributed by atoms with Crippen molar-refractivity contribution in [2.75, 3.05) is 26.2 Å². The average molecular weight is 637 g/mol. The van der Waals surface area contributed by atoms with E-state index in [0.717, 1.165) is 39.0 Å². The first kappa shape index (κ1) is 37.7. The maximum absolute atomic E-state index is 12.0. The van der Waals surface area contributed by atoms with Crippen LogP contribution in [0.1, 0.15) is 92.7 Å². The summed E-state index contributed by atoms with van der Waals surface area (Å²) >= 11 is 3.62. The lowest BCUT2D eigenvalue weighted by Gasteiger charge is -2.24. The summed E-state index contributed by atoms with van der Waals surface area (Å²) in [6, 6.07) is 2.15. The van der Waals surface area contributed by atoms with Gasteiger partial charge in [-0.05, 0) is 109 Å². The summed E-state index contributed by atoms with van der Waals surface area (Å²) in [6.07, 6.45) is 2.22. The molecule has 0 radical (unpaired) electrons. The van der Waals surface area contributed by atoms with Crippen LogP contribution in [0.3, 0.4) is 0 Å². The Hall–Kier alpha value is -3.30. The molecule has 238 valence electrons. The molecule has 2 unspecified atom stereocenters. The van der Waals surface area contributed by atoms with Gasteiger partial charge in [-0.1, -0.05) is 0 Å². The zero-order valence-corrected chi connectivity index (χ0v) is 28.2. The topological polar surface area (TPSA) is 127 Å². The van der Waals surface area contributed by atoms with Crippen LogP contribution in [-0.2, 0) is 28.7 Å². The van der Waals surface area contributed by atoms with Gasteiger partial charge in [0.2, 0.25) is 0 Å². The number of ether oxygens (including phenoxy) is 2. The molecule has 0 aromatic carbocycles. The Morgan fingerprint density at radius 3 is 1.49 bits per heavy atom. The Morgan fingerprint density at radius 2 is 1.16 bits per heavy atom. The number of thiophene rings is 2. The Labute approximate surface area is 262 Å². The van der Waals surface area contributed by atoms with Crippen LogP contribution in [0.5, 0.6) is 0 Å². The molecule has 0 aliphatic carbocycles. The fraction of sp³-hybridized carbons (Fsp3) is 0.613. The third-order valence-corrected chi connectivity index (χ3v) is 9.19. The monoisotopic (exact) mass is 636 g/mol. The second-order valence-corrected chi connectivity index (χ2v) is 14.2. The Kier molecular flexibility index (Phi) is 15.0. The van der Waals surface area contributed by atoms with Gasteiger partial charge >= 0.3 is 24.5 Å². The van der Waals surface area contributed by atoms with Crippen molar-refractivity contribution >= 4 is 47.2 Å². The van der Waals surface area contributed by atoms with Crippen molar-refractivity contribution in [3.8, 4) is 0 Å². The molecule has 0 bridgehead atoms. The first-order chi connectivity index (χ1) is 20.0. The molecule has 2 aliphatic heterocycles. The molecule has 0 N–H and O–H groups in total. The van der Waals surface area contributed by atoms with E-state index in [0.29, 0.717) is 11.8 Å². The minimum atomic E-state index is -0.412. The van der Waals surface area contributed by atoms with E-state index < -0.39 is 11.2 Å². The van der Waals surface area contributed by atoms with Crippen LogP contribution in [0.2, 0.25) is 0 Å². The van der Waals surface area contributed by atoms with Crippen LogP contribution in [0.4, 0.5) is 9.59 Å². The van der Waals surface area contributed by atoms with Crippen molar-refractivity contribution in [1.82, 2.24) is 9.80 Å². The summed E-state index contributed by atoms with van der Waals surface area (Å²) in [4.78, 5) is 63.0. The van der Waals surface area contributed by atoms with Crippen LogP contribution in [-0.4, -0.2) is 71.7 Å². The van der Waals surface area contributed by atoms with Gasteiger partial charge in [0.1, 0.15) is 11.2 Å². The Morgan fingerprint density at radius 1 is 0.744 bits per heavy atom. The molecule has 2 aromatic rings. The molecule has 2 fully saturated rings. The molecule has 2 aromatic heterocycles. The molecule has 43 heavy (non-hydrogen) atoms. The van der Waals surface area contributed by atoms with Crippen molar-refractivity contribution in [3.63, 3.8) is 0 Å². The highest BCUT2D eigenvalue weighted by molar-refractivity contribution is 7.10. The highest BCUT2D eigenvalue weighted by atomic mass is 32.1. The second kappa shape index (κ2) is 17.1. The van der Waals surface area contributed by atoms with Gasteiger partial charge in [0, 0.05) is 47.8 Å². The smallest absolute Gasteiger partial charge is 0.410 e. The Bertz CT molecular complexity index is 1250. The van der Waals surface area contributed by atoms with Crippen molar-refractivity contribution < 1.29 is 38.2 Å². The van der Waals surface area contributed by atoms with Crippen LogP contribution in [0, 0.1) is 20.8 Å². The highest BCUT2D eigenvalue weighted by Crippen LogP contribution is 2.36. The summed E-state index contributed by atoms with van der Waals surface area (Å²) in [5.41, 5.74) is 3.27. The van der Waals surface area contributed by atoms with Crippen LogP contribution in [0.15, 0.2) is 16.8 Å². The number of rotatable bonds is 2. The molecule has 2 saturated heterocycles. The van der Waals surface area contributed by atoms with Crippen LogP contribution >= 0.6 is 22.7 Å². The molecule has 2 aliphatic rings. The van der Waals surface area contributed by atoms with Crippen LogP contribution < -0.4 is 0 Å². The molecule has 10 nitrogen and oxygen atoms in total. The lowest BCUT2D eigenvalue weighted by atomic mass is 10.0. The zero-order chi connectivity index (χ0) is 33.0. The summed E-state index contributed by atoms with van der Waals surface area (Å²) < 4.78 is 10.8. The van der Waals surface area contributed by atoms with E-state index >= 15 is 0 Å². The fourth-order valence-electron chi connectivity index (χ4n) is 4.66. The molecular weight excluding hydrogens is 592 g/mol. The predicted molar refractivity (Wildman–Crippen MR) is 163 cm³/mol. The lowest BCUT2D eigenvalue weighted by Crippen LogP contribution is -2.35. The van der Waals surface area contributed by atoms with Crippen LogP contribution in [0.25, 0.3) is 0 Å². The number of carbonyl (C=O) groups is 2. The standard InChI is InChI=1S/C15H23NO2S.C14H21NO2S.2CO2/c1-10-9-19-13(11(10)2)12-6-7-16(8-12)14(17)18-15(3,4)5;1-10-6-8-18-12(10)11-5-7-15(9-11)13(16)17-14(2,3)4;2*2-1-3/h9,12H,6-8H2,1-5H3;6,8,11H,5,7,9H2,1-4H3;;. The van der Waals surface area contributed by atoms with Gasteiger partial charge < -0.3 is 19.3 Å². The van der Waals surface area contributed by atoms with Crippen molar-refractivity contribution in [1.29, 1.82) is 0 Å². The van der Waals surface area contributed by atoms with Gasteiger partial charge in [-0.25, -0.2) is 9.59 Å². The summed E-state index contributed by atoms with van der Waals surface area (Å²) in [7, 11) is 0. The van der Waals surface area contributed by atoms with Gasteiger partial charge in [0.15, 0.2) is 0 Å². The van der Waals surface area contributed by atoms with Crippen molar-refractivity contribution in [2.24, 2.45) is 0 Å². The van der Waals surface area contributed by atoms with E-state index in [2.05, 4.69) is 37.6 Å². The maximum Gasteiger partial charge on any atom is 0.410 e.